The molecule has 0 fully saturated rings. The van der Waals surface area contributed by atoms with E-state index in [2.05, 4.69) is 20.5 Å². The molecule has 7 nitrogen and oxygen atoms in total. The van der Waals surface area contributed by atoms with Crippen molar-refractivity contribution in [1.29, 1.82) is 0 Å². The second kappa shape index (κ2) is 5.21. The molecule has 108 valence electrons. The molecule has 2 heterocycles. The Labute approximate surface area is 124 Å². The van der Waals surface area contributed by atoms with Crippen molar-refractivity contribution in [3.8, 4) is 0 Å². The largest absolute Gasteiger partial charge is 0.358 e. The minimum Gasteiger partial charge on any atom is -0.358 e. The zero-order valence-corrected chi connectivity index (χ0v) is 12.3. The van der Waals surface area contributed by atoms with Crippen LogP contribution >= 0.6 is 11.8 Å². The van der Waals surface area contributed by atoms with Gasteiger partial charge in [0, 0.05) is 7.05 Å². The Morgan fingerprint density at radius 2 is 2.14 bits per heavy atom. The van der Waals surface area contributed by atoms with Crippen LogP contribution in [0.25, 0.3) is 16.8 Å². The zero-order chi connectivity index (χ0) is 15.0. The Bertz CT molecular complexity index is 837. The van der Waals surface area contributed by atoms with Gasteiger partial charge in [-0.05, 0) is 19.1 Å². The Morgan fingerprint density at radius 3 is 2.86 bits per heavy atom. The van der Waals surface area contributed by atoms with E-state index in [0.717, 1.165) is 22.8 Å². The minimum atomic E-state index is -0.831. The van der Waals surface area contributed by atoms with Crippen LogP contribution in [0, 0.1) is 0 Å². The molecule has 0 aliphatic carbocycles. The lowest BCUT2D eigenvalue weighted by Crippen LogP contribution is -2.34. The predicted octanol–water partition coefficient (Wildman–Crippen LogP) is 1.01. The molecule has 1 aromatic carbocycles. The summed E-state index contributed by atoms with van der Waals surface area (Å²) in [6.07, 6.45) is 0. The fourth-order valence-corrected chi connectivity index (χ4v) is 3.07. The molecule has 21 heavy (non-hydrogen) atoms. The number of hydrogen-bond acceptors (Lipinski definition) is 5. The van der Waals surface area contributed by atoms with Crippen molar-refractivity contribution in [2.45, 2.75) is 17.3 Å². The third kappa shape index (κ3) is 2.27. The van der Waals surface area contributed by atoms with Crippen LogP contribution in [0.3, 0.4) is 0 Å². The van der Waals surface area contributed by atoms with Crippen LogP contribution in [0.4, 0.5) is 0 Å². The summed E-state index contributed by atoms with van der Waals surface area (Å²) in [4.78, 5) is 27.9. The Hall–Kier alpha value is -2.35. The van der Waals surface area contributed by atoms with E-state index in [-0.39, 0.29) is 11.7 Å². The first-order valence-electron chi connectivity index (χ1n) is 6.32. The van der Waals surface area contributed by atoms with Gasteiger partial charge in [0.25, 0.3) is 0 Å². The van der Waals surface area contributed by atoms with E-state index in [1.807, 2.05) is 24.3 Å². The summed E-state index contributed by atoms with van der Waals surface area (Å²) in [6.45, 7) is 1.39. The summed E-state index contributed by atoms with van der Waals surface area (Å²) in [5.74, 6) is 0.0194. The number of thioether (sulfide) groups is 1. The predicted molar refractivity (Wildman–Crippen MR) is 79.2 cm³/mol. The van der Waals surface area contributed by atoms with Gasteiger partial charge in [-0.15, -0.1) is 5.10 Å². The highest BCUT2D eigenvalue weighted by atomic mass is 32.2. The van der Waals surface area contributed by atoms with Crippen LogP contribution in [-0.4, -0.2) is 43.6 Å². The molecule has 0 aliphatic heterocycles. The highest BCUT2D eigenvalue weighted by Gasteiger charge is 2.26. The number of aromatic amines is 1. The lowest BCUT2D eigenvalue weighted by molar-refractivity contribution is -0.126. The van der Waals surface area contributed by atoms with Crippen molar-refractivity contribution in [3.63, 3.8) is 0 Å². The molecule has 0 bridgehead atoms. The summed E-state index contributed by atoms with van der Waals surface area (Å²) in [6, 6.07) is 7.61. The lowest BCUT2D eigenvalue weighted by Gasteiger charge is -2.09. The number of Topliss-reactive ketones (excluding diaryl/α,β-unsaturated/α-hetero) is 1. The molecule has 3 aromatic rings. The van der Waals surface area contributed by atoms with E-state index < -0.39 is 5.25 Å². The first kappa shape index (κ1) is 13.6. The Morgan fingerprint density at radius 1 is 1.38 bits per heavy atom. The van der Waals surface area contributed by atoms with E-state index in [0.29, 0.717) is 10.9 Å². The molecule has 3 rings (SSSR count). The van der Waals surface area contributed by atoms with Gasteiger partial charge in [0.1, 0.15) is 5.25 Å². The Balaban J connectivity index is 2.08. The van der Waals surface area contributed by atoms with Gasteiger partial charge in [-0.3, -0.25) is 14.0 Å². The first-order valence-corrected chi connectivity index (χ1v) is 7.20. The van der Waals surface area contributed by atoms with Crippen LogP contribution in [-0.2, 0) is 9.59 Å². The third-order valence-corrected chi connectivity index (χ3v) is 4.35. The van der Waals surface area contributed by atoms with Gasteiger partial charge >= 0.3 is 0 Å². The summed E-state index contributed by atoms with van der Waals surface area (Å²) in [5.41, 5.74) is 1.70. The number of imidazole rings is 1. The van der Waals surface area contributed by atoms with E-state index in [1.54, 1.807) is 4.40 Å². The number of nitrogens with one attached hydrogen (secondary N) is 2. The number of hydrogen-bond donors (Lipinski definition) is 2. The Kier molecular flexibility index (Phi) is 3.38. The van der Waals surface area contributed by atoms with Crippen LogP contribution in [0.15, 0.2) is 29.4 Å². The quantitative estimate of drug-likeness (QED) is 0.554. The maximum absolute atomic E-state index is 11.8. The monoisotopic (exact) mass is 303 g/mol. The highest BCUT2D eigenvalue weighted by molar-refractivity contribution is 8.01. The standard InChI is InChI=1S/C13H13N5O2S/c1-7(19)10(11(20)14-2)21-13-17-16-12-15-8-5-3-4-6-9(8)18(12)13/h3-6,10H,1-2H3,(H,14,20)(H,15,16)/t10-/m1/s1. The SMILES string of the molecule is CNC(=O)[C@H](Sc1n[nH]c2nc3ccccc3n12)C(C)=O. The average Bonchev–Trinajstić information content (AvgIpc) is 3.02. The van der Waals surface area contributed by atoms with E-state index in [9.17, 15) is 9.59 Å². The van der Waals surface area contributed by atoms with Crippen LogP contribution in [0.5, 0.6) is 0 Å². The number of rotatable bonds is 4. The van der Waals surface area contributed by atoms with Crippen LogP contribution in [0.1, 0.15) is 6.92 Å². The number of aromatic nitrogens is 4. The molecule has 0 saturated heterocycles. The minimum absolute atomic E-state index is 0.222. The van der Waals surface area contributed by atoms with Gasteiger partial charge < -0.3 is 5.32 Å². The maximum atomic E-state index is 11.8. The number of fused-ring (bicyclic) bond motifs is 3. The summed E-state index contributed by atoms with van der Waals surface area (Å²) in [5, 5.41) is 9.16. The summed E-state index contributed by atoms with van der Waals surface area (Å²) in [7, 11) is 1.51. The number of nitrogens with zero attached hydrogens (tertiary/aromatic N) is 3. The molecule has 2 N–H and O–H groups in total. The molecule has 0 unspecified atom stereocenters. The molecule has 0 spiro atoms. The number of carbonyl (C=O) groups is 2. The average molecular weight is 303 g/mol. The number of para-hydroxylation sites is 2. The number of benzene rings is 1. The van der Waals surface area contributed by atoms with Crippen molar-refractivity contribution in [1.82, 2.24) is 24.9 Å². The van der Waals surface area contributed by atoms with Crippen LogP contribution < -0.4 is 5.32 Å². The molecule has 0 radical (unpaired) electrons. The normalized spacial score (nSPS) is 12.7. The lowest BCUT2D eigenvalue weighted by atomic mass is 10.3. The second-order valence-corrected chi connectivity index (χ2v) is 5.56. The van der Waals surface area contributed by atoms with Gasteiger partial charge in [-0.1, -0.05) is 23.9 Å². The van der Waals surface area contributed by atoms with Gasteiger partial charge in [0.2, 0.25) is 11.7 Å². The van der Waals surface area contributed by atoms with Crippen molar-refractivity contribution in [3.05, 3.63) is 24.3 Å². The second-order valence-electron chi connectivity index (χ2n) is 4.49. The van der Waals surface area contributed by atoms with Gasteiger partial charge in [-0.2, -0.15) is 0 Å². The summed E-state index contributed by atoms with van der Waals surface area (Å²) < 4.78 is 1.80. The molecule has 1 atom stereocenters. The fraction of sp³-hybridized carbons (Fsp3) is 0.231. The number of amides is 1. The molecule has 0 aliphatic rings. The van der Waals surface area contributed by atoms with E-state index >= 15 is 0 Å². The molecule has 8 heteroatoms. The molecular formula is C13H13N5O2S. The van der Waals surface area contributed by atoms with Crippen molar-refractivity contribution in [2.24, 2.45) is 0 Å². The molecule has 0 saturated carbocycles. The maximum Gasteiger partial charge on any atom is 0.240 e. The van der Waals surface area contributed by atoms with Gasteiger partial charge in [0.05, 0.1) is 11.0 Å². The highest BCUT2D eigenvalue weighted by Crippen LogP contribution is 2.26. The van der Waals surface area contributed by atoms with Gasteiger partial charge in [0.15, 0.2) is 10.9 Å². The fourth-order valence-electron chi connectivity index (χ4n) is 2.08. The van der Waals surface area contributed by atoms with Crippen molar-refractivity contribution in [2.75, 3.05) is 7.05 Å². The van der Waals surface area contributed by atoms with Gasteiger partial charge in [-0.25, -0.2) is 10.1 Å². The van der Waals surface area contributed by atoms with Crippen molar-refractivity contribution < 1.29 is 9.59 Å². The van der Waals surface area contributed by atoms with Crippen LogP contribution in [0.2, 0.25) is 0 Å². The third-order valence-electron chi connectivity index (χ3n) is 3.08. The van der Waals surface area contributed by atoms with E-state index in [4.69, 9.17) is 0 Å². The molecular weight excluding hydrogens is 290 g/mol. The number of carbonyl (C=O) groups excluding carboxylic acids is 2. The molecule has 1 amide bonds. The molecule has 2 aromatic heterocycles. The summed E-state index contributed by atoms with van der Waals surface area (Å²) >= 11 is 1.10. The zero-order valence-electron chi connectivity index (χ0n) is 11.5. The first-order chi connectivity index (χ1) is 10.1. The van der Waals surface area contributed by atoms with E-state index in [1.165, 1.54) is 14.0 Å². The topological polar surface area (TPSA) is 92.2 Å². The smallest absolute Gasteiger partial charge is 0.240 e. The van der Waals surface area contributed by atoms with Crippen molar-refractivity contribution >= 4 is 40.3 Å². The number of H-pyrrole nitrogens is 1. The number of ketones is 1.